The molecule has 0 radical (unpaired) electrons. The number of rotatable bonds is 5. The number of para-hydroxylation sites is 1. The number of nitrogens with two attached hydrogens (primary N) is 1. The summed E-state index contributed by atoms with van der Waals surface area (Å²) in [5, 5.41) is 3.49. The van der Waals surface area contributed by atoms with Gasteiger partial charge < -0.3 is 11.1 Å². The van der Waals surface area contributed by atoms with E-state index >= 15 is 0 Å². The summed E-state index contributed by atoms with van der Waals surface area (Å²) in [6, 6.07) is 10.2. The van der Waals surface area contributed by atoms with Crippen molar-refractivity contribution in [3.63, 3.8) is 0 Å². The van der Waals surface area contributed by atoms with Gasteiger partial charge in [-0.1, -0.05) is 18.2 Å². The molecular formula is C16H20N2OS. The molecule has 0 saturated carbocycles. The lowest BCUT2D eigenvalue weighted by Gasteiger charge is -2.18. The molecule has 3 nitrogen and oxygen atoms in total. The largest absolute Gasteiger partial charge is 0.378 e. The van der Waals surface area contributed by atoms with Crippen LogP contribution in [0.4, 0.5) is 5.69 Å². The molecule has 0 saturated heterocycles. The molecule has 1 aromatic carbocycles. The van der Waals surface area contributed by atoms with Crippen molar-refractivity contribution < 1.29 is 4.79 Å². The third kappa shape index (κ3) is 3.39. The van der Waals surface area contributed by atoms with Crippen molar-refractivity contribution in [1.29, 1.82) is 0 Å². The number of hydrogen-bond acceptors (Lipinski definition) is 3. The molecule has 106 valence electrons. The van der Waals surface area contributed by atoms with Crippen LogP contribution in [0.25, 0.3) is 0 Å². The fourth-order valence-electron chi connectivity index (χ4n) is 2.39. The maximum absolute atomic E-state index is 11.1. The summed E-state index contributed by atoms with van der Waals surface area (Å²) in [4.78, 5) is 13.8. The molecule has 2 aromatic rings. The molecule has 1 unspecified atom stereocenters. The molecule has 0 aliphatic carbocycles. The van der Waals surface area contributed by atoms with Crippen LogP contribution in [0.15, 0.2) is 30.3 Å². The minimum Gasteiger partial charge on any atom is -0.378 e. The summed E-state index contributed by atoms with van der Waals surface area (Å²) < 4.78 is 0. The van der Waals surface area contributed by atoms with Crippen molar-refractivity contribution in [3.8, 4) is 0 Å². The number of carbonyl (C=O) groups excluding carboxylic acids is 1. The van der Waals surface area contributed by atoms with Crippen LogP contribution in [0.3, 0.4) is 0 Å². The highest BCUT2D eigenvalue weighted by atomic mass is 32.1. The molecule has 3 N–H and O–H groups in total. The Kier molecular flexibility index (Phi) is 4.45. The van der Waals surface area contributed by atoms with E-state index in [0.29, 0.717) is 0 Å². The number of nitrogens with one attached hydrogen (secondary N) is 1. The second-order valence-electron chi connectivity index (χ2n) is 5.03. The number of aryl methyl sites for hydroxylation is 2. The van der Waals surface area contributed by atoms with Gasteiger partial charge >= 0.3 is 0 Å². The van der Waals surface area contributed by atoms with E-state index in [4.69, 9.17) is 5.73 Å². The van der Waals surface area contributed by atoms with Gasteiger partial charge in [-0.3, -0.25) is 4.79 Å². The van der Waals surface area contributed by atoms with Gasteiger partial charge in [0.15, 0.2) is 0 Å². The second kappa shape index (κ2) is 6.09. The van der Waals surface area contributed by atoms with Gasteiger partial charge in [0.25, 0.3) is 0 Å². The molecule has 20 heavy (non-hydrogen) atoms. The molecule has 1 amide bonds. The monoisotopic (exact) mass is 288 g/mol. The minimum absolute atomic E-state index is 0.203. The first-order chi connectivity index (χ1) is 9.47. The second-order valence-corrected chi connectivity index (χ2v) is 6.50. The topological polar surface area (TPSA) is 55.1 Å². The molecule has 0 spiro atoms. The molecule has 4 heteroatoms. The SMILES string of the molecule is Cc1cc(C(C)Nc2ccccc2CC(N)=O)c(C)s1. The number of amides is 1. The number of carbonyl (C=O) groups is 1. The molecule has 0 aliphatic rings. The Hall–Kier alpha value is -1.81. The first kappa shape index (κ1) is 14.6. The Morgan fingerprint density at radius 3 is 2.65 bits per heavy atom. The van der Waals surface area contributed by atoms with Crippen molar-refractivity contribution in [1.82, 2.24) is 0 Å². The number of thiophene rings is 1. The number of benzene rings is 1. The minimum atomic E-state index is -0.311. The molecule has 0 aliphatic heterocycles. The quantitative estimate of drug-likeness (QED) is 0.883. The zero-order chi connectivity index (χ0) is 14.7. The normalized spacial score (nSPS) is 12.2. The van der Waals surface area contributed by atoms with Crippen LogP contribution >= 0.6 is 11.3 Å². The molecule has 0 bridgehead atoms. The van der Waals surface area contributed by atoms with Crippen molar-refractivity contribution in [2.24, 2.45) is 5.73 Å². The first-order valence-corrected chi connectivity index (χ1v) is 7.48. The van der Waals surface area contributed by atoms with E-state index in [1.54, 1.807) is 0 Å². The maximum Gasteiger partial charge on any atom is 0.221 e. The standard InChI is InChI=1S/C16H20N2OS/c1-10-8-14(12(3)20-10)11(2)18-15-7-5-4-6-13(15)9-16(17)19/h4-8,11,18H,9H2,1-3H3,(H2,17,19). The van der Waals surface area contributed by atoms with E-state index in [1.807, 2.05) is 35.6 Å². The first-order valence-electron chi connectivity index (χ1n) is 6.67. The molecule has 1 atom stereocenters. The lowest BCUT2D eigenvalue weighted by atomic mass is 10.1. The number of anilines is 1. The Balaban J connectivity index is 2.21. The fraction of sp³-hybridized carbons (Fsp3) is 0.312. The van der Waals surface area contributed by atoms with Crippen molar-refractivity contribution in [3.05, 3.63) is 51.2 Å². The molecular weight excluding hydrogens is 268 g/mol. The van der Waals surface area contributed by atoms with Crippen molar-refractivity contribution >= 4 is 22.9 Å². The van der Waals surface area contributed by atoms with E-state index in [1.165, 1.54) is 15.3 Å². The van der Waals surface area contributed by atoms with Crippen LogP contribution in [0.2, 0.25) is 0 Å². The van der Waals surface area contributed by atoms with Crippen molar-refractivity contribution in [2.75, 3.05) is 5.32 Å². The zero-order valence-corrected chi connectivity index (χ0v) is 12.9. The van der Waals surface area contributed by atoms with Gasteiger partial charge in [-0.15, -0.1) is 11.3 Å². The number of primary amides is 1. The summed E-state index contributed by atoms with van der Waals surface area (Å²) in [6.07, 6.45) is 0.261. The highest BCUT2D eigenvalue weighted by molar-refractivity contribution is 7.12. The van der Waals surface area contributed by atoms with Gasteiger partial charge in [-0.25, -0.2) is 0 Å². The van der Waals surface area contributed by atoms with Crippen LogP contribution in [0, 0.1) is 13.8 Å². The Labute approximate surface area is 123 Å². The fourth-order valence-corrected chi connectivity index (χ4v) is 3.42. The lowest BCUT2D eigenvalue weighted by molar-refractivity contribution is -0.117. The Morgan fingerprint density at radius 2 is 2.05 bits per heavy atom. The van der Waals surface area contributed by atoms with E-state index < -0.39 is 0 Å². The summed E-state index contributed by atoms with van der Waals surface area (Å²) in [7, 11) is 0. The summed E-state index contributed by atoms with van der Waals surface area (Å²) in [5.41, 5.74) is 8.52. The predicted molar refractivity (Wildman–Crippen MR) is 85.2 cm³/mol. The van der Waals surface area contributed by atoms with Crippen LogP contribution in [0.5, 0.6) is 0 Å². The van der Waals surface area contributed by atoms with Gasteiger partial charge in [-0.05, 0) is 44.0 Å². The molecule has 0 fully saturated rings. The maximum atomic E-state index is 11.1. The van der Waals surface area contributed by atoms with Gasteiger partial charge in [0.05, 0.1) is 6.42 Å². The average molecular weight is 288 g/mol. The van der Waals surface area contributed by atoms with Gasteiger partial charge in [0.2, 0.25) is 5.91 Å². The Morgan fingerprint density at radius 1 is 1.35 bits per heavy atom. The predicted octanol–water partition coefficient (Wildman–Crippen LogP) is 3.57. The smallest absolute Gasteiger partial charge is 0.221 e. The molecule has 1 heterocycles. The van der Waals surface area contributed by atoms with Crippen LogP contribution in [-0.2, 0) is 11.2 Å². The third-order valence-electron chi connectivity index (χ3n) is 3.30. The van der Waals surface area contributed by atoms with E-state index in [0.717, 1.165) is 11.3 Å². The third-order valence-corrected chi connectivity index (χ3v) is 4.28. The number of hydrogen-bond donors (Lipinski definition) is 2. The van der Waals surface area contributed by atoms with Gasteiger partial charge in [0, 0.05) is 21.5 Å². The summed E-state index contributed by atoms with van der Waals surface area (Å²) in [6.45, 7) is 6.39. The van der Waals surface area contributed by atoms with E-state index in [2.05, 4.69) is 32.2 Å². The van der Waals surface area contributed by atoms with Crippen LogP contribution < -0.4 is 11.1 Å². The van der Waals surface area contributed by atoms with E-state index in [-0.39, 0.29) is 18.4 Å². The van der Waals surface area contributed by atoms with Crippen LogP contribution in [-0.4, -0.2) is 5.91 Å². The lowest BCUT2D eigenvalue weighted by Crippen LogP contribution is -2.16. The molecule has 1 aromatic heterocycles. The average Bonchev–Trinajstić information content (AvgIpc) is 2.70. The highest BCUT2D eigenvalue weighted by Crippen LogP contribution is 2.29. The highest BCUT2D eigenvalue weighted by Gasteiger charge is 2.13. The van der Waals surface area contributed by atoms with Gasteiger partial charge in [-0.2, -0.15) is 0 Å². The molecule has 2 rings (SSSR count). The van der Waals surface area contributed by atoms with Crippen molar-refractivity contribution in [2.45, 2.75) is 33.2 Å². The van der Waals surface area contributed by atoms with Gasteiger partial charge in [0.1, 0.15) is 0 Å². The van der Waals surface area contributed by atoms with E-state index in [9.17, 15) is 4.79 Å². The van der Waals surface area contributed by atoms with Crippen LogP contribution in [0.1, 0.15) is 33.8 Å². The summed E-state index contributed by atoms with van der Waals surface area (Å²) >= 11 is 1.81. The Bertz CT molecular complexity index is 619. The summed E-state index contributed by atoms with van der Waals surface area (Å²) in [5.74, 6) is -0.311. The zero-order valence-electron chi connectivity index (χ0n) is 12.1.